The SMILES string of the molecule is CNC1CCCC(OCC2CC2)C1. The standard InChI is InChI=1S/C11H21NO/c1-12-10-3-2-4-11(7-10)13-8-9-5-6-9/h9-12H,2-8H2,1H3. The number of nitrogens with one attached hydrogen (secondary N) is 1. The summed E-state index contributed by atoms with van der Waals surface area (Å²) in [6.07, 6.45) is 8.53. The zero-order valence-electron chi connectivity index (χ0n) is 8.59. The highest BCUT2D eigenvalue weighted by atomic mass is 16.5. The van der Waals surface area contributed by atoms with E-state index in [0.29, 0.717) is 12.1 Å². The molecule has 2 nitrogen and oxygen atoms in total. The van der Waals surface area contributed by atoms with Crippen molar-refractivity contribution in [2.45, 2.75) is 50.7 Å². The first-order valence-corrected chi connectivity index (χ1v) is 5.67. The van der Waals surface area contributed by atoms with Gasteiger partial charge in [0.05, 0.1) is 6.10 Å². The second-order valence-corrected chi connectivity index (χ2v) is 4.55. The lowest BCUT2D eigenvalue weighted by molar-refractivity contribution is 0.0145. The van der Waals surface area contributed by atoms with Crippen molar-refractivity contribution in [1.29, 1.82) is 0 Å². The van der Waals surface area contributed by atoms with Crippen molar-refractivity contribution in [1.82, 2.24) is 5.32 Å². The van der Waals surface area contributed by atoms with E-state index in [-0.39, 0.29) is 0 Å². The van der Waals surface area contributed by atoms with Gasteiger partial charge in [-0.1, -0.05) is 0 Å². The van der Waals surface area contributed by atoms with E-state index in [1.807, 2.05) is 0 Å². The second kappa shape index (κ2) is 4.43. The summed E-state index contributed by atoms with van der Waals surface area (Å²) in [5.41, 5.74) is 0. The molecule has 2 aliphatic carbocycles. The third-order valence-corrected chi connectivity index (χ3v) is 3.30. The maximum atomic E-state index is 5.90. The largest absolute Gasteiger partial charge is 0.378 e. The third-order valence-electron chi connectivity index (χ3n) is 3.30. The van der Waals surface area contributed by atoms with Crippen LogP contribution in [0.1, 0.15) is 38.5 Å². The van der Waals surface area contributed by atoms with Crippen molar-refractivity contribution < 1.29 is 4.74 Å². The molecule has 0 heterocycles. The summed E-state index contributed by atoms with van der Waals surface area (Å²) in [5.74, 6) is 0.912. The van der Waals surface area contributed by atoms with Crippen LogP contribution in [0.4, 0.5) is 0 Å². The van der Waals surface area contributed by atoms with E-state index >= 15 is 0 Å². The van der Waals surface area contributed by atoms with Gasteiger partial charge in [-0.15, -0.1) is 0 Å². The minimum Gasteiger partial charge on any atom is -0.378 e. The predicted molar refractivity (Wildman–Crippen MR) is 53.8 cm³/mol. The molecule has 2 rings (SSSR count). The van der Waals surface area contributed by atoms with Crippen LogP contribution in [0.3, 0.4) is 0 Å². The van der Waals surface area contributed by atoms with E-state index in [2.05, 4.69) is 12.4 Å². The van der Waals surface area contributed by atoms with Gasteiger partial charge in [0.1, 0.15) is 0 Å². The summed E-state index contributed by atoms with van der Waals surface area (Å²) >= 11 is 0. The van der Waals surface area contributed by atoms with Crippen molar-refractivity contribution in [3.05, 3.63) is 0 Å². The lowest BCUT2D eigenvalue weighted by atomic mass is 9.93. The molecule has 76 valence electrons. The van der Waals surface area contributed by atoms with Crippen LogP contribution in [0, 0.1) is 5.92 Å². The van der Waals surface area contributed by atoms with Crippen LogP contribution in [0.25, 0.3) is 0 Å². The molecule has 0 radical (unpaired) electrons. The van der Waals surface area contributed by atoms with Gasteiger partial charge in [0.2, 0.25) is 0 Å². The van der Waals surface area contributed by atoms with Gasteiger partial charge in [0.25, 0.3) is 0 Å². The zero-order valence-corrected chi connectivity index (χ0v) is 8.59. The van der Waals surface area contributed by atoms with Crippen molar-refractivity contribution in [2.75, 3.05) is 13.7 Å². The van der Waals surface area contributed by atoms with E-state index in [4.69, 9.17) is 4.74 Å². The molecule has 1 N–H and O–H groups in total. The van der Waals surface area contributed by atoms with E-state index in [1.54, 1.807) is 0 Å². The van der Waals surface area contributed by atoms with Crippen LogP contribution in [-0.2, 0) is 4.74 Å². The smallest absolute Gasteiger partial charge is 0.0590 e. The van der Waals surface area contributed by atoms with Crippen molar-refractivity contribution >= 4 is 0 Å². The molecule has 0 aromatic heterocycles. The Morgan fingerprint density at radius 1 is 1.23 bits per heavy atom. The lowest BCUT2D eigenvalue weighted by Gasteiger charge is -2.28. The van der Waals surface area contributed by atoms with Gasteiger partial charge in [0, 0.05) is 12.6 Å². The van der Waals surface area contributed by atoms with Crippen LogP contribution < -0.4 is 5.32 Å². The Balaban J connectivity index is 1.65. The molecule has 0 saturated heterocycles. The van der Waals surface area contributed by atoms with Gasteiger partial charge >= 0.3 is 0 Å². The first-order chi connectivity index (χ1) is 6.38. The van der Waals surface area contributed by atoms with E-state index in [9.17, 15) is 0 Å². The monoisotopic (exact) mass is 183 g/mol. The highest BCUT2D eigenvalue weighted by molar-refractivity contribution is 4.79. The second-order valence-electron chi connectivity index (χ2n) is 4.55. The molecule has 2 heteroatoms. The summed E-state index contributed by atoms with van der Waals surface area (Å²) in [6.45, 7) is 1.03. The Bertz CT molecular complexity index is 156. The van der Waals surface area contributed by atoms with Crippen molar-refractivity contribution in [2.24, 2.45) is 5.92 Å². The molecule has 2 saturated carbocycles. The minimum atomic E-state index is 0.548. The molecule has 0 aromatic rings. The van der Waals surface area contributed by atoms with E-state index in [1.165, 1.54) is 38.5 Å². The molecular weight excluding hydrogens is 162 g/mol. The molecule has 0 aromatic carbocycles. The molecule has 2 aliphatic rings. The predicted octanol–water partition coefficient (Wildman–Crippen LogP) is 1.94. The van der Waals surface area contributed by atoms with Crippen molar-refractivity contribution in [3.8, 4) is 0 Å². The number of hydrogen-bond acceptors (Lipinski definition) is 2. The number of hydrogen-bond donors (Lipinski definition) is 1. The lowest BCUT2D eigenvalue weighted by Crippen LogP contribution is -2.35. The van der Waals surface area contributed by atoms with Gasteiger partial charge in [-0.25, -0.2) is 0 Å². The maximum Gasteiger partial charge on any atom is 0.0590 e. The summed E-state index contributed by atoms with van der Waals surface area (Å²) in [4.78, 5) is 0. The molecule has 0 spiro atoms. The molecule has 13 heavy (non-hydrogen) atoms. The van der Waals surface area contributed by atoms with Crippen molar-refractivity contribution in [3.63, 3.8) is 0 Å². The van der Waals surface area contributed by atoms with Gasteiger partial charge in [0.15, 0.2) is 0 Å². The topological polar surface area (TPSA) is 21.3 Å². The fourth-order valence-corrected chi connectivity index (χ4v) is 2.12. The Kier molecular flexibility index (Phi) is 3.23. The first-order valence-electron chi connectivity index (χ1n) is 5.67. The fourth-order valence-electron chi connectivity index (χ4n) is 2.12. The number of ether oxygens (including phenoxy) is 1. The maximum absolute atomic E-state index is 5.90. The molecule has 0 aliphatic heterocycles. The van der Waals surface area contributed by atoms with Crippen LogP contribution in [0.15, 0.2) is 0 Å². The minimum absolute atomic E-state index is 0.548. The Hall–Kier alpha value is -0.0800. The van der Waals surface area contributed by atoms with Gasteiger partial charge < -0.3 is 10.1 Å². The van der Waals surface area contributed by atoms with Gasteiger partial charge in [-0.2, -0.15) is 0 Å². The zero-order chi connectivity index (χ0) is 9.10. The molecule has 2 atom stereocenters. The Labute approximate surface area is 81.0 Å². The summed E-state index contributed by atoms with van der Waals surface area (Å²) in [7, 11) is 2.06. The van der Waals surface area contributed by atoms with Crippen LogP contribution >= 0.6 is 0 Å². The summed E-state index contributed by atoms with van der Waals surface area (Å²) in [6, 6.07) is 0.706. The quantitative estimate of drug-likeness (QED) is 0.719. The average molecular weight is 183 g/mol. The Morgan fingerprint density at radius 2 is 2.08 bits per heavy atom. The highest BCUT2D eigenvalue weighted by Crippen LogP contribution is 2.30. The first kappa shape index (κ1) is 9.47. The molecule has 0 amide bonds. The van der Waals surface area contributed by atoms with E-state index < -0.39 is 0 Å². The molecule has 2 fully saturated rings. The molecule has 2 unspecified atom stereocenters. The van der Waals surface area contributed by atoms with E-state index in [0.717, 1.165) is 12.5 Å². The van der Waals surface area contributed by atoms with Gasteiger partial charge in [-0.05, 0) is 51.5 Å². The number of rotatable bonds is 4. The Morgan fingerprint density at radius 3 is 2.77 bits per heavy atom. The fraction of sp³-hybridized carbons (Fsp3) is 1.00. The van der Waals surface area contributed by atoms with Crippen LogP contribution in [0.5, 0.6) is 0 Å². The summed E-state index contributed by atoms with van der Waals surface area (Å²) < 4.78 is 5.90. The molecule has 0 bridgehead atoms. The highest BCUT2D eigenvalue weighted by Gasteiger charge is 2.25. The van der Waals surface area contributed by atoms with Crippen LogP contribution in [0.2, 0.25) is 0 Å². The normalized spacial score (nSPS) is 34.8. The average Bonchev–Trinajstić information content (AvgIpc) is 2.99. The summed E-state index contributed by atoms with van der Waals surface area (Å²) in [5, 5.41) is 3.36. The van der Waals surface area contributed by atoms with Gasteiger partial charge in [-0.3, -0.25) is 0 Å². The third kappa shape index (κ3) is 2.96. The van der Waals surface area contributed by atoms with Crippen LogP contribution in [-0.4, -0.2) is 25.8 Å². The molecular formula is C11H21NO.